The van der Waals surface area contributed by atoms with Crippen molar-refractivity contribution in [1.82, 2.24) is 29.7 Å². The molecule has 3 aromatic heterocycles. The predicted octanol–water partition coefficient (Wildman–Crippen LogP) is 2.88. The average Bonchev–Trinajstić information content (AvgIpc) is 3.29. The Kier molecular flexibility index (Phi) is 7.64. The van der Waals surface area contributed by atoms with Gasteiger partial charge in [-0.3, -0.25) is 14.3 Å². The molecule has 0 spiro atoms. The number of hydrogen-bond acceptors (Lipinski definition) is 10. The number of hydrogen-bond donors (Lipinski definition) is 1. The summed E-state index contributed by atoms with van der Waals surface area (Å²) in [6, 6.07) is 7.07. The van der Waals surface area contributed by atoms with Gasteiger partial charge in [-0.15, -0.1) is 10.2 Å². The zero-order valence-electron chi connectivity index (χ0n) is 21.0. The maximum absolute atomic E-state index is 13.3. The van der Waals surface area contributed by atoms with Crippen molar-refractivity contribution >= 4 is 16.0 Å². The molecule has 0 bridgehead atoms. The van der Waals surface area contributed by atoms with Crippen LogP contribution in [0.5, 0.6) is 11.5 Å². The van der Waals surface area contributed by atoms with Crippen molar-refractivity contribution in [3.63, 3.8) is 0 Å². The van der Waals surface area contributed by atoms with E-state index in [9.17, 15) is 8.42 Å². The molecule has 0 radical (unpaired) electrons. The molecular formula is C24H27N7O5S. The lowest BCUT2D eigenvalue weighted by Crippen LogP contribution is -2.25. The Morgan fingerprint density at radius 1 is 0.946 bits per heavy atom. The van der Waals surface area contributed by atoms with Crippen molar-refractivity contribution in [2.75, 3.05) is 31.8 Å². The number of anilines is 1. The smallest absolute Gasteiger partial charge is 0.243 e. The maximum atomic E-state index is 13.3. The molecular weight excluding hydrogens is 498 g/mol. The number of aromatic nitrogens is 6. The first-order valence-corrected chi connectivity index (χ1v) is 12.8. The van der Waals surface area contributed by atoms with Crippen LogP contribution >= 0.6 is 0 Å². The van der Waals surface area contributed by atoms with Gasteiger partial charge in [0.1, 0.15) is 29.0 Å². The SMILES string of the molecule is COc1cccc(OC)c1-n1c(NS(=O)(=O)C[C@@H](OC)c2ncc(C)cn2)nnc1-c1cncc(C)c1. The molecule has 0 saturated heterocycles. The van der Waals surface area contributed by atoms with Gasteiger partial charge in [0.2, 0.25) is 16.0 Å². The van der Waals surface area contributed by atoms with Crippen molar-refractivity contribution in [1.29, 1.82) is 0 Å². The average molecular weight is 526 g/mol. The Hall–Kier alpha value is -4.10. The number of ether oxygens (including phenoxy) is 3. The third-order valence-corrected chi connectivity index (χ3v) is 6.65. The van der Waals surface area contributed by atoms with Crippen LogP contribution in [-0.4, -0.2) is 65.2 Å². The number of aryl methyl sites for hydroxylation is 2. The zero-order valence-corrected chi connectivity index (χ0v) is 21.9. The molecule has 3 heterocycles. The fourth-order valence-corrected chi connectivity index (χ4v) is 4.85. The summed E-state index contributed by atoms with van der Waals surface area (Å²) in [4.78, 5) is 12.6. The van der Waals surface area contributed by atoms with Gasteiger partial charge in [-0.1, -0.05) is 6.07 Å². The summed E-state index contributed by atoms with van der Waals surface area (Å²) in [6.07, 6.45) is 5.61. The molecule has 37 heavy (non-hydrogen) atoms. The minimum Gasteiger partial charge on any atom is -0.494 e. The normalized spacial score (nSPS) is 12.2. The summed E-state index contributed by atoms with van der Waals surface area (Å²) in [5, 5.41) is 8.45. The number of methoxy groups -OCH3 is 3. The van der Waals surface area contributed by atoms with Crippen LogP contribution in [0.2, 0.25) is 0 Å². The number of para-hydroxylation sites is 1. The monoisotopic (exact) mass is 525 g/mol. The molecule has 1 N–H and O–H groups in total. The van der Waals surface area contributed by atoms with Gasteiger partial charge in [0.25, 0.3) is 0 Å². The molecule has 194 valence electrons. The highest BCUT2D eigenvalue weighted by Crippen LogP contribution is 2.37. The molecule has 12 nitrogen and oxygen atoms in total. The van der Waals surface area contributed by atoms with Gasteiger partial charge in [-0.25, -0.2) is 18.4 Å². The second kappa shape index (κ2) is 10.9. The second-order valence-electron chi connectivity index (χ2n) is 8.17. The molecule has 1 aromatic carbocycles. The van der Waals surface area contributed by atoms with Crippen LogP contribution < -0.4 is 14.2 Å². The van der Waals surface area contributed by atoms with Crippen molar-refractivity contribution in [3.05, 3.63) is 66.0 Å². The van der Waals surface area contributed by atoms with E-state index in [0.29, 0.717) is 28.6 Å². The Morgan fingerprint density at radius 3 is 2.22 bits per heavy atom. The van der Waals surface area contributed by atoms with Crippen LogP contribution in [0.25, 0.3) is 17.1 Å². The van der Waals surface area contributed by atoms with Crippen molar-refractivity contribution in [2.24, 2.45) is 0 Å². The number of benzene rings is 1. The van der Waals surface area contributed by atoms with E-state index in [0.717, 1.165) is 11.1 Å². The van der Waals surface area contributed by atoms with E-state index in [1.54, 1.807) is 43.0 Å². The highest BCUT2D eigenvalue weighted by Gasteiger charge is 2.28. The molecule has 4 rings (SSSR count). The molecule has 1 atom stereocenters. The largest absolute Gasteiger partial charge is 0.494 e. The van der Waals surface area contributed by atoms with E-state index in [-0.39, 0.29) is 11.8 Å². The Balaban J connectivity index is 1.81. The van der Waals surface area contributed by atoms with E-state index < -0.39 is 21.9 Å². The standard InChI is InChI=1S/C24H27N7O5S/c1-15-9-17(13-25-10-15)23-28-29-24(31(23)21-18(34-3)7-6-8-19(21)35-4)30-37(32,33)14-20(36-5)22-26-11-16(2)12-27-22/h6-13,20H,14H2,1-5H3,(H,29,30)/t20-/m1/s1. The lowest BCUT2D eigenvalue weighted by Gasteiger charge is -2.18. The van der Waals surface area contributed by atoms with Crippen LogP contribution in [0.1, 0.15) is 23.1 Å². The van der Waals surface area contributed by atoms with Gasteiger partial charge in [-0.05, 0) is 43.2 Å². The first kappa shape index (κ1) is 26.0. The van der Waals surface area contributed by atoms with E-state index in [1.165, 1.54) is 25.9 Å². The molecule has 0 aliphatic rings. The minimum atomic E-state index is -4.03. The van der Waals surface area contributed by atoms with Crippen LogP contribution in [-0.2, 0) is 14.8 Å². The first-order valence-electron chi connectivity index (χ1n) is 11.2. The predicted molar refractivity (Wildman–Crippen MR) is 136 cm³/mol. The van der Waals surface area contributed by atoms with Crippen LogP contribution in [0, 0.1) is 13.8 Å². The van der Waals surface area contributed by atoms with Gasteiger partial charge in [0.15, 0.2) is 11.6 Å². The minimum absolute atomic E-state index is 0.0704. The van der Waals surface area contributed by atoms with Crippen LogP contribution in [0.15, 0.2) is 49.1 Å². The summed E-state index contributed by atoms with van der Waals surface area (Å²) >= 11 is 0. The van der Waals surface area contributed by atoms with Gasteiger partial charge in [-0.2, -0.15) is 0 Å². The number of nitrogens with zero attached hydrogens (tertiary/aromatic N) is 6. The third-order valence-electron chi connectivity index (χ3n) is 5.41. The van der Waals surface area contributed by atoms with Crippen molar-refractivity contribution < 1.29 is 22.6 Å². The maximum Gasteiger partial charge on any atom is 0.243 e. The molecule has 13 heteroatoms. The van der Waals surface area contributed by atoms with Gasteiger partial charge < -0.3 is 14.2 Å². The summed E-state index contributed by atoms with van der Waals surface area (Å²) in [5.41, 5.74) is 2.77. The summed E-state index contributed by atoms with van der Waals surface area (Å²) < 4.78 is 47.2. The van der Waals surface area contributed by atoms with E-state index in [1.807, 2.05) is 19.9 Å². The quantitative estimate of drug-likeness (QED) is 0.328. The molecule has 0 unspecified atom stereocenters. The topological polar surface area (TPSA) is 143 Å². The number of rotatable bonds is 10. The first-order chi connectivity index (χ1) is 17.8. The molecule has 0 fully saturated rings. The lowest BCUT2D eigenvalue weighted by atomic mass is 10.2. The Bertz CT molecular complexity index is 1470. The Morgan fingerprint density at radius 2 is 1.62 bits per heavy atom. The summed E-state index contributed by atoms with van der Waals surface area (Å²) in [5.74, 6) is 0.899. The number of sulfonamides is 1. The van der Waals surface area contributed by atoms with Crippen LogP contribution in [0.4, 0.5) is 5.95 Å². The molecule has 0 aliphatic heterocycles. The number of nitrogens with one attached hydrogen (secondary N) is 1. The van der Waals surface area contributed by atoms with E-state index in [2.05, 4.69) is 29.9 Å². The third kappa shape index (κ3) is 5.67. The lowest BCUT2D eigenvalue weighted by molar-refractivity contribution is 0.114. The second-order valence-corrected chi connectivity index (χ2v) is 9.94. The van der Waals surface area contributed by atoms with Gasteiger partial charge in [0, 0.05) is 37.5 Å². The van der Waals surface area contributed by atoms with Crippen LogP contribution in [0.3, 0.4) is 0 Å². The molecule has 0 aliphatic carbocycles. The van der Waals surface area contributed by atoms with E-state index in [4.69, 9.17) is 14.2 Å². The van der Waals surface area contributed by atoms with Gasteiger partial charge >= 0.3 is 0 Å². The van der Waals surface area contributed by atoms with Crippen molar-refractivity contribution in [3.8, 4) is 28.6 Å². The van der Waals surface area contributed by atoms with E-state index >= 15 is 0 Å². The highest BCUT2D eigenvalue weighted by molar-refractivity contribution is 7.92. The van der Waals surface area contributed by atoms with Crippen molar-refractivity contribution in [2.45, 2.75) is 20.0 Å². The fourth-order valence-electron chi connectivity index (χ4n) is 3.68. The molecule has 0 amide bonds. The number of pyridine rings is 1. The van der Waals surface area contributed by atoms with Gasteiger partial charge in [0.05, 0.1) is 14.2 Å². The highest BCUT2D eigenvalue weighted by atomic mass is 32.2. The Labute approximate surface area is 214 Å². The molecule has 4 aromatic rings. The molecule has 0 saturated carbocycles. The summed E-state index contributed by atoms with van der Waals surface area (Å²) in [7, 11) is 0.381. The zero-order chi connectivity index (χ0) is 26.6. The fraction of sp³-hybridized carbons (Fsp3) is 0.292. The summed E-state index contributed by atoms with van der Waals surface area (Å²) in [6.45, 7) is 3.73.